The van der Waals surface area contributed by atoms with Gasteiger partial charge in [0.25, 0.3) is 5.56 Å². The van der Waals surface area contributed by atoms with E-state index < -0.39 is 0 Å². The highest BCUT2D eigenvalue weighted by Gasteiger charge is 2.61. The van der Waals surface area contributed by atoms with Crippen LogP contribution in [0.1, 0.15) is 39.7 Å². The summed E-state index contributed by atoms with van der Waals surface area (Å²) >= 11 is 0. The summed E-state index contributed by atoms with van der Waals surface area (Å²) in [5.41, 5.74) is 8.92. The number of nitrogens with zero attached hydrogens (tertiary/aromatic N) is 4. The molecule has 206 valence electrons. The molecule has 1 aliphatic heterocycles. The summed E-state index contributed by atoms with van der Waals surface area (Å²) in [7, 11) is 0. The van der Waals surface area contributed by atoms with Gasteiger partial charge in [-0.25, -0.2) is 14.4 Å². The molecule has 2 heterocycles. The Morgan fingerprint density at radius 3 is 2.56 bits per heavy atom. The minimum absolute atomic E-state index is 0.0803. The summed E-state index contributed by atoms with van der Waals surface area (Å²) in [6, 6.07) is 12.5. The van der Waals surface area contributed by atoms with Crippen LogP contribution in [0.5, 0.6) is 0 Å². The number of rotatable bonds is 5. The second kappa shape index (κ2) is 9.73. The quantitative estimate of drug-likeness (QED) is 0.375. The number of nitrogens with two attached hydrogens (primary N) is 1. The molecule has 3 aliphatic carbocycles. The van der Waals surface area contributed by atoms with Crippen LogP contribution in [-0.2, 0) is 13.0 Å². The van der Waals surface area contributed by atoms with Gasteiger partial charge in [0.1, 0.15) is 5.82 Å². The molecule has 4 aliphatic rings. The van der Waals surface area contributed by atoms with Crippen LogP contribution in [0.15, 0.2) is 58.6 Å². The van der Waals surface area contributed by atoms with E-state index in [1.165, 1.54) is 12.1 Å². The highest BCUT2D eigenvalue weighted by atomic mass is 19.1. The zero-order valence-electron chi connectivity index (χ0n) is 23.3. The van der Waals surface area contributed by atoms with E-state index in [1.54, 1.807) is 23.0 Å². The molecule has 7 nitrogen and oxygen atoms in total. The number of hydrogen-bond acceptors (Lipinski definition) is 4. The lowest BCUT2D eigenvalue weighted by molar-refractivity contribution is -0.164. The van der Waals surface area contributed by atoms with Gasteiger partial charge in [-0.05, 0) is 77.8 Å². The zero-order valence-corrected chi connectivity index (χ0v) is 23.3. The normalized spacial score (nSPS) is 28.2. The number of aryl methyl sites for hydroxylation is 2. The van der Waals surface area contributed by atoms with Crippen molar-refractivity contribution in [1.82, 2.24) is 14.5 Å². The summed E-state index contributed by atoms with van der Waals surface area (Å²) in [6.07, 6.45) is 3.34. The Morgan fingerprint density at radius 1 is 1.15 bits per heavy atom. The van der Waals surface area contributed by atoms with E-state index in [-0.39, 0.29) is 23.5 Å². The minimum atomic E-state index is -0.263. The fraction of sp³-hybridized carbons (Fsp3) is 0.516. The third kappa shape index (κ3) is 4.62. The molecule has 39 heavy (non-hydrogen) atoms. The Morgan fingerprint density at radius 2 is 1.90 bits per heavy atom. The number of likely N-dealkylation sites (tertiary alicyclic amines) is 1. The van der Waals surface area contributed by atoms with Gasteiger partial charge in [-0.15, -0.1) is 0 Å². The van der Waals surface area contributed by atoms with Crippen molar-refractivity contribution in [2.24, 2.45) is 39.8 Å². The number of benzene rings is 2. The SMILES string of the molecule is C[C@@H]1[C@H]2[C@H](C)C(N=C(Nc3ccc4c(=O)n(CCc5ccc(F)cc5)cnc4c3)N3CC(N)C3)C[C@@H]1C2(C)C. The van der Waals surface area contributed by atoms with Gasteiger partial charge in [0.2, 0.25) is 0 Å². The molecular formula is C31H39FN6O. The van der Waals surface area contributed by atoms with Crippen molar-refractivity contribution in [3.05, 3.63) is 70.5 Å². The van der Waals surface area contributed by atoms with E-state index in [1.807, 2.05) is 18.2 Å². The maximum atomic E-state index is 13.2. The van der Waals surface area contributed by atoms with Crippen LogP contribution in [0.2, 0.25) is 0 Å². The molecule has 3 N–H and O–H groups in total. The summed E-state index contributed by atoms with van der Waals surface area (Å²) in [6.45, 7) is 11.7. The van der Waals surface area contributed by atoms with Crippen LogP contribution in [0.4, 0.5) is 10.1 Å². The van der Waals surface area contributed by atoms with Crippen molar-refractivity contribution in [1.29, 1.82) is 0 Å². The maximum Gasteiger partial charge on any atom is 0.261 e. The molecule has 5 atom stereocenters. The molecule has 2 aromatic carbocycles. The number of fused-ring (bicyclic) bond motifs is 3. The van der Waals surface area contributed by atoms with E-state index >= 15 is 0 Å². The van der Waals surface area contributed by atoms with Crippen LogP contribution in [-0.4, -0.2) is 45.6 Å². The van der Waals surface area contributed by atoms with Crippen molar-refractivity contribution in [3.8, 4) is 0 Å². The van der Waals surface area contributed by atoms with Gasteiger partial charge in [0.05, 0.1) is 23.3 Å². The van der Waals surface area contributed by atoms with E-state index in [9.17, 15) is 9.18 Å². The van der Waals surface area contributed by atoms with E-state index in [0.717, 1.165) is 42.6 Å². The van der Waals surface area contributed by atoms with Gasteiger partial charge in [-0.2, -0.15) is 0 Å². The van der Waals surface area contributed by atoms with Crippen molar-refractivity contribution in [2.45, 2.75) is 59.2 Å². The van der Waals surface area contributed by atoms with Crippen LogP contribution < -0.4 is 16.6 Å². The number of hydrogen-bond donors (Lipinski definition) is 2. The topological polar surface area (TPSA) is 88.5 Å². The molecule has 4 fully saturated rings. The highest BCUT2D eigenvalue weighted by molar-refractivity contribution is 5.96. The molecule has 0 radical (unpaired) electrons. The summed E-state index contributed by atoms with van der Waals surface area (Å²) < 4.78 is 14.8. The maximum absolute atomic E-state index is 13.2. The van der Waals surface area contributed by atoms with Gasteiger partial charge in [-0.1, -0.05) is 39.8 Å². The van der Waals surface area contributed by atoms with Gasteiger partial charge in [0, 0.05) is 31.4 Å². The first kappa shape index (κ1) is 26.0. The van der Waals surface area contributed by atoms with Crippen molar-refractivity contribution in [3.63, 3.8) is 0 Å². The third-order valence-corrected chi connectivity index (χ3v) is 9.82. The number of guanidine groups is 1. The van der Waals surface area contributed by atoms with Gasteiger partial charge < -0.3 is 16.0 Å². The number of halogens is 1. The summed E-state index contributed by atoms with van der Waals surface area (Å²) in [5, 5.41) is 4.12. The number of nitrogens with one attached hydrogen (secondary N) is 1. The largest absolute Gasteiger partial charge is 0.339 e. The molecule has 0 amide bonds. The van der Waals surface area contributed by atoms with Crippen molar-refractivity contribution < 1.29 is 4.39 Å². The molecule has 0 spiro atoms. The fourth-order valence-electron chi connectivity index (χ4n) is 7.75. The van der Waals surface area contributed by atoms with Crippen LogP contribution in [0.25, 0.3) is 10.9 Å². The van der Waals surface area contributed by atoms with Crippen LogP contribution >= 0.6 is 0 Å². The predicted molar refractivity (Wildman–Crippen MR) is 154 cm³/mol. The smallest absolute Gasteiger partial charge is 0.261 e. The first-order chi connectivity index (χ1) is 18.6. The lowest BCUT2D eigenvalue weighted by Crippen LogP contribution is -2.63. The van der Waals surface area contributed by atoms with Crippen molar-refractivity contribution >= 4 is 22.5 Å². The fourth-order valence-corrected chi connectivity index (χ4v) is 7.75. The lowest BCUT2D eigenvalue weighted by atomic mass is 9.40. The van der Waals surface area contributed by atoms with Crippen molar-refractivity contribution in [2.75, 3.05) is 18.4 Å². The molecule has 3 aromatic rings. The first-order valence-electron chi connectivity index (χ1n) is 14.2. The van der Waals surface area contributed by atoms with E-state index in [2.05, 4.69) is 42.9 Å². The second-order valence-corrected chi connectivity index (χ2v) is 12.6. The number of aliphatic imine (C=N–C) groups is 1. The average Bonchev–Trinajstić information content (AvgIpc) is 2.88. The molecule has 1 aromatic heterocycles. The predicted octanol–water partition coefficient (Wildman–Crippen LogP) is 4.51. The minimum Gasteiger partial charge on any atom is -0.339 e. The molecule has 3 saturated carbocycles. The van der Waals surface area contributed by atoms with Gasteiger partial charge in [-0.3, -0.25) is 9.36 Å². The third-order valence-electron chi connectivity index (χ3n) is 9.82. The Kier molecular flexibility index (Phi) is 6.49. The molecular weight excluding hydrogens is 491 g/mol. The zero-order chi connectivity index (χ0) is 27.5. The van der Waals surface area contributed by atoms with E-state index in [4.69, 9.17) is 10.7 Å². The number of aromatic nitrogens is 2. The molecule has 8 heteroatoms. The summed E-state index contributed by atoms with van der Waals surface area (Å²) in [5.74, 6) is 3.30. The Bertz CT molecular complexity index is 1460. The Hall–Kier alpha value is -3.26. The van der Waals surface area contributed by atoms with E-state index in [0.29, 0.717) is 47.0 Å². The Labute approximate surface area is 229 Å². The average molecular weight is 531 g/mol. The van der Waals surface area contributed by atoms with Crippen LogP contribution in [0.3, 0.4) is 0 Å². The number of anilines is 1. The first-order valence-corrected chi connectivity index (χ1v) is 14.2. The molecule has 1 saturated heterocycles. The molecule has 7 rings (SSSR count). The summed E-state index contributed by atoms with van der Waals surface area (Å²) in [4.78, 5) is 25.2. The lowest BCUT2D eigenvalue weighted by Gasteiger charge is -2.65. The van der Waals surface area contributed by atoms with Crippen LogP contribution in [0, 0.1) is 34.9 Å². The monoisotopic (exact) mass is 530 g/mol. The van der Waals surface area contributed by atoms with Gasteiger partial charge in [0.15, 0.2) is 5.96 Å². The van der Waals surface area contributed by atoms with Gasteiger partial charge >= 0.3 is 0 Å². The molecule has 1 unspecified atom stereocenters. The second-order valence-electron chi connectivity index (χ2n) is 12.6. The Balaban J connectivity index is 1.21. The highest BCUT2D eigenvalue weighted by Crippen LogP contribution is 2.65. The standard InChI is InChI=1S/C31H39FN6O/c1-18-25-14-26(19(2)28(18)31(25,3)4)36-30(38-15-22(33)16-38)35-23-9-10-24-27(13-23)34-17-37(29(24)39)12-11-20-5-7-21(32)8-6-20/h5-10,13,17-19,22,25-26,28H,11-12,14-16,33H2,1-4H3,(H,35,36)/t18-,19+,25-,26?,28-/m0/s1. The molecule has 2 bridgehead atoms.